The maximum atomic E-state index is 9.44. The van der Waals surface area contributed by atoms with Gasteiger partial charge in [0, 0.05) is 11.1 Å². The van der Waals surface area contributed by atoms with E-state index in [0.717, 1.165) is 16.8 Å². The molecule has 1 aliphatic heterocycles. The summed E-state index contributed by atoms with van der Waals surface area (Å²) in [7, 11) is 0. The molecule has 1 saturated heterocycles. The second kappa shape index (κ2) is 5.23. The Kier molecular flexibility index (Phi) is 3.21. The number of oxime groups is 1. The number of aliphatic hydroxyl groups excluding tert-OH is 1. The summed E-state index contributed by atoms with van der Waals surface area (Å²) in [4.78, 5) is 5.58. The van der Waals surface area contributed by atoms with E-state index in [4.69, 9.17) is 9.57 Å². The number of nitrogens with zero attached hydrogens (tertiary/aromatic N) is 1. The van der Waals surface area contributed by atoms with Crippen LogP contribution in [0.4, 0.5) is 0 Å². The molecule has 22 heavy (non-hydrogen) atoms. The molecule has 1 aliphatic carbocycles. The number of benzene rings is 2. The highest BCUT2D eigenvalue weighted by Gasteiger charge is 2.39. The molecule has 4 heteroatoms. The lowest BCUT2D eigenvalue weighted by atomic mass is 9.88. The van der Waals surface area contributed by atoms with Crippen LogP contribution in [0.3, 0.4) is 0 Å². The van der Waals surface area contributed by atoms with Crippen molar-refractivity contribution in [3.8, 4) is 11.1 Å². The van der Waals surface area contributed by atoms with Crippen LogP contribution in [0, 0.1) is 5.41 Å². The van der Waals surface area contributed by atoms with Crippen molar-refractivity contribution in [2.75, 3.05) is 26.4 Å². The molecule has 0 atom stereocenters. The van der Waals surface area contributed by atoms with E-state index in [0.29, 0.717) is 19.8 Å². The quantitative estimate of drug-likeness (QED) is 0.752. The Hall–Kier alpha value is -2.17. The zero-order chi connectivity index (χ0) is 15.0. The van der Waals surface area contributed by atoms with Crippen LogP contribution in [0.1, 0.15) is 11.1 Å². The Bertz CT molecular complexity index is 682. The normalized spacial score (nSPS) is 17.4. The second-order valence-electron chi connectivity index (χ2n) is 5.96. The molecule has 1 N–H and O–H groups in total. The molecule has 0 unspecified atom stereocenters. The molecule has 0 bridgehead atoms. The molecular weight excluding hydrogens is 278 g/mol. The van der Waals surface area contributed by atoms with Crippen molar-refractivity contribution in [1.82, 2.24) is 0 Å². The van der Waals surface area contributed by atoms with Crippen molar-refractivity contribution in [1.29, 1.82) is 0 Å². The highest BCUT2D eigenvalue weighted by Crippen LogP contribution is 2.36. The minimum absolute atomic E-state index is 0.0605. The summed E-state index contributed by atoms with van der Waals surface area (Å²) < 4.78 is 5.18. The smallest absolute Gasteiger partial charge is 0.129 e. The molecule has 4 rings (SSSR count). The lowest BCUT2D eigenvalue weighted by Gasteiger charge is -2.38. The van der Waals surface area contributed by atoms with Crippen LogP contribution in [-0.2, 0) is 9.57 Å². The molecule has 2 aromatic rings. The van der Waals surface area contributed by atoms with Crippen LogP contribution < -0.4 is 0 Å². The van der Waals surface area contributed by atoms with Crippen molar-refractivity contribution in [3.63, 3.8) is 0 Å². The fourth-order valence-corrected chi connectivity index (χ4v) is 2.94. The summed E-state index contributed by atoms with van der Waals surface area (Å²) in [6.45, 7) is 1.49. The van der Waals surface area contributed by atoms with Crippen molar-refractivity contribution in [3.05, 3.63) is 59.7 Å². The number of ether oxygens (including phenoxy) is 1. The van der Waals surface area contributed by atoms with Crippen LogP contribution in [0.15, 0.2) is 53.7 Å². The summed E-state index contributed by atoms with van der Waals surface area (Å²) in [5.41, 5.74) is 5.12. The molecule has 0 radical (unpaired) electrons. The molecule has 1 heterocycles. The third-order valence-corrected chi connectivity index (χ3v) is 4.33. The van der Waals surface area contributed by atoms with Gasteiger partial charge in [0.05, 0.1) is 25.2 Å². The van der Waals surface area contributed by atoms with Gasteiger partial charge in [-0.3, -0.25) is 0 Å². The number of hydrogen-bond donors (Lipinski definition) is 1. The van der Waals surface area contributed by atoms with Crippen molar-refractivity contribution < 1.29 is 14.7 Å². The third-order valence-electron chi connectivity index (χ3n) is 4.33. The molecule has 0 amide bonds. The highest BCUT2D eigenvalue weighted by molar-refractivity contribution is 6.24. The molecule has 1 fully saturated rings. The maximum Gasteiger partial charge on any atom is 0.129 e. The Morgan fingerprint density at radius 1 is 0.955 bits per heavy atom. The van der Waals surface area contributed by atoms with E-state index in [1.165, 1.54) is 11.1 Å². The van der Waals surface area contributed by atoms with Gasteiger partial charge in [-0.25, -0.2) is 0 Å². The van der Waals surface area contributed by atoms with Gasteiger partial charge in [-0.05, 0) is 11.1 Å². The Labute approximate surface area is 129 Å². The molecule has 0 aromatic heterocycles. The van der Waals surface area contributed by atoms with Gasteiger partial charge in [0.15, 0.2) is 0 Å². The third kappa shape index (κ3) is 2.03. The SMILES string of the molecule is OCC1(CON=C2c3ccccc3-c3ccccc32)COC1. The van der Waals surface area contributed by atoms with E-state index in [2.05, 4.69) is 29.4 Å². The van der Waals surface area contributed by atoms with Crippen LogP contribution in [-0.4, -0.2) is 37.2 Å². The average molecular weight is 295 g/mol. The van der Waals surface area contributed by atoms with Crippen LogP contribution in [0.2, 0.25) is 0 Å². The summed E-state index contributed by atoms with van der Waals surface area (Å²) in [6.07, 6.45) is 0. The van der Waals surface area contributed by atoms with Gasteiger partial charge < -0.3 is 14.7 Å². The molecule has 2 aliphatic rings. The van der Waals surface area contributed by atoms with Crippen LogP contribution in [0.5, 0.6) is 0 Å². The Balaban J connectivity index is 1.65. The Morgan fingerprint density at radius 2 is 1.50 bits per heavy atom. The fraction of sp³-hybridized carbons (Fsp3) is 0.278. The summed E-state index contributed by atoms with van der Waals surface area (Å²) in [5.74, 6) is 0. The van der Waals surface area contributed by atoms with Gasteiger partial charge in [0.1, 0.15) is 12.3 Å². The minimum Gasteiger partial charge on any atom is -0.395 e. The zero-order valence-corrected chi connectivity index (χ0v) is 12.2. The van der Waals surface area contributed by atoms with E-state index in [-0.39, 0.29) is 12.0 Å². The lowest BCUT2D eigenvalue weighted by Crippen LogP contribution is -2.48. The van der Waals surface area contributed by atoms with Crippen LogP contribution in [0.25, 0.3) is 11.1 Å². The fourth-order valence-electron chi connectivity index (χ4n) is 2.94. The largest absolute Gasteiger partial charge is 0.395 e. The first-order valence-corrected chi connectivity index (χ1v) is 7.41. The zero-order valence-electron chi connectivity index (χ0n) is 12.2. The number of aliphatic hydroxyl groups is 1. The first-order chi connectivity index (χ1) is 10.8. The molecular formula is C18H17NO3. The monoisotopic (exact) mass is 295 g/mol. The first kappa shape index (κ1) is 13.5. The predicted octanol–water partition coefficient (Wildman–Crippen LogP) is 2.44. The highest BCUT2D eigenvalue weighted by atomic mass is 16.6. The van der Waals surface area contributed by atoms with Crippen molar-refractivity contribution >= 4 is 5.71 Å². The van der Waals surface area contributed by atoms with Crippen LogP contribution >= 0.6 is 0 Å². The molecule has 0 spiro atoms. The van der Waals surface area contributed by atoms with Gasteiger partial charge in [0.25, 0.3) is 0 Å². The van der Waals surface area contributed by atoms with E-state index in [1.807, 2.05) is 24.3 Å². The summed E-state index contributed by atoms with van der Waals surface area (Å²) in [5, 5.41) is 13.8. The molecule has 2 aromatic carbocycles. The van der Waals surface area contributed by atoms with Gasteiger partial charge in [-0.15, -0.1) is 0 Å². The number of hydrogen-bond acceptors (Lipinski definition) is 4. The second-order valence-corrected chi connectivity index (χ2v) is 5.96. The molecule has 0 saturated carbocycles. The summed E-state index contributed by atoms with van der Waals surface area (Å²) >= 11 is 0. The van der Waals surface area contributed by atoms with Gasteiger partial charge >= 0.3 is 0 Å². The first-order valence-electron chi connectivity index (χ1n) is 7.41. The minimum atomic E-state index is -0.290. The number of rotatable bonds is 4. The van der Waals surface area contributed by atoms with E-state index < -0.39 is 0 Å². The molecule has 4 nitrogen and oxygen atoms in total. The maximum absolute atomic E-state index is 9.44. The molecule has 112 valence electrons. The lowest BCUT2D eigenvalue weighted by molar-refractivity contribution is -0.168. The van der Waals surface area contributed by atoms with E-state index in [9.17, 15) is 5.11 Å². The van der Waals surface area contributed by atoms with Gasteiger partial charge in [-0.1, -0.05) is 53.7 Å². The standard InChI is InChI=1S/C18H17NO3/c20-9-18(10-21-11-18)12-22-19-17-15-7-3-1-5-13(15)14-6-2-4-8-16(14)17/h1-8,20H,9-12H2. The number of fused-ring (bicyclic) bond motifs is 3. The summed E-state index contributed by atoms with van der Waals surface area (Å²) in [6, 6.07) is 16.4. The van der Waals surface area contributed by atoms with E-state index in [1.54, 1.807) is 0 Å². The van der Waals surface area contributed by atoms with Crippen molar-refractivity contribution in [2.45, 2.75) is 0 Å². The van der Waals surface area contributed by atoms with Gasteiger partial charge in [0.2, 0.25) is 0 Å². The van der Waals surface area contributed by atoms with E-state index >= 15 is 0 Å². The average Bonchev–Trinajstić information content (AvgIpc) is 2.85. The van der Waals surface area contributed by atoms with Gasteiger partial charge in [-0.2, -0.15) is 0 Å². The topological polar surface area (TPSA) is 51.0 Å². The Morgan fingerprint density at radius 3 is 1.95 bits per heavy atom. The van der Waals surface area contributed by atoms with Crippen molar-refractivity contribution in [2.24, 2.45) is 10.6 Å². The predicted molar refractivity (Wildman–Crippen MR) is 83.8 cm³/mol.